The average Bonchev–Trinajstić information content (AvgIpc) is 3.73. The van der Waals surface area contributed by atoms with E-state index < -0.39 is 5.91 Å². The van der Waals surface area contributed by atoms with Gasteiger partial charge in [-0.1, -0.05) is 17.7 Å². The van der Waals surface area contributed by atoms with Gasteiger partial charge in [0.2, 0.25) is 0 Å². The summed E-state index contributed by atoms with van der Waals surface area (Å²) in [5.41, 5.74) is 11.6. The van der Waals surface area contributed by atoms with Gasteiger partial charge in [0.15, 0.2) is 5.69 Å². The van der Waals surface area contributed by atoms with E-state index in [1.54, 1.807) is 27.6 Å². The zero-order valence-corrected chi connectivity index (χ0v) is 27.2. The molecule has 12 nitrogen and oxygen atoms in total. The lowest BCUT2D eigenvalue weighted by molar-refractivity contribution is 0.0992. The molecule has 0 saturated carbocycles. The molecule has 2 amide bonds. The number of nitrogens with zero attached hydrogens (tertiary/aromatic N) is 8. The van der Waals surface area contributed by atoms with Gasteiger partial charge < -0.3 is 16.0 Å². The molecule has 49 heavy (non-hydrogen) atoms. The van der Waals surface area contributed by atoms with Crippen molar-refractivity contribution in [2.45, 2.75) is 32.4 Å². The molecule has 5 aromatic rings. The highest BCUT2D eigenvalue weighted by molar-refractivity contribution is 6.34. The van der Waals surface area contributed by atoms with Crippen LogP contribution in [0.3, 0.4) is 0 Å². The Labute approximate surface area is 286 Å². The Balaban J connectivity index is 1.08. The fourth-order valence-corrected chi connectivity index (χ4v) is 6.61. The molecule has 4 heterocycles. The Hall–Kier alpha value is -5.58. The number of carbonyl (C=O) groups excluding carboxylic acids is 2. The molecule has 0 bridgehead atoms. The molecule has 3 N–H and O–H groups in total. The molecule has 1 fully saturated rings. The van der Waals surface area contributed by atoms with Crippen LogP contribution in [0.15, 0.2) is 67.1 Å². The van der Waals surface area contributed by atoms with E-state index in [9.17, 15) is 14.0 Å². The van der Waals surface area contributed by atoms with Gasteiger partial charge in [-0.3, -0.25) is 19.2 Å². The fourth-order valence-electron chi connectivity index (χ4n) is 6.42. The Morgan fingerprint density at radius 2 is 1.84 bits per heavy atom. The van der Waals surface area contributed by atoms with Crippen molar-refractivity contribution in [2.24, 2.45) is 5.73 Å². The third-order valence-electron chi connectivity index (χ3n) is 8.88. The summed E-state index contributed by atoms with van der Waals surface area (Å²) < 4.78 is 17.1. The number of piperazine rings is 1. The molecule has 2 aliphatic rings. The summed E-state index contributed by atoms with van der Waals surface area (Å²) in [5, 5.41) is 20.9. The van der Waals surface area contributed by atoms with Crippen LogP contribution in [-0.2, 0) is 25.9 Å². The largest absolute Gasteiger partial charge is 0.364 e. The smallest absolute Gasteiger partial charge is 0.269 e. The van der Waals surface area contributed by atoms with Gasteiger partial charge in [0, 0.05) is 67.5 Å². The van der Waals surface area contributed by atoms with Crippen molar-refractivity contribution in [2.75, 3.05) is 36.4 Å². The number of nitriles is 1. The van der Waals surface area contributed by atoms with E-state index in [0.717, 1.165) is 49.4 Å². The number of hydrogen-bond acceptors (Lipinski definition) is 8. The second-order valence-electron chi connectivity index (χ2n) is 12.1. The van der Waals surface area contributed by atoms with Crippen LogP contribution in [0.2, 0.25) is 5.02 Å². The van der Waals surface area contributed by atoms with Crippen molar-refractivity contribution >= 4 is 34.9 Å². The van der Waals surface area contributed by atoms with Gasteiger partial charge in [-0.15, -0.1) is 0 Å². The number of amides is 2. The highest BCUT2D eigenvalue weighted by atomic mass is 35.5. The van der Waals surface area contributed by atoms with Crippen molar-refractivity contribution in [1.29, 1.82) is 5.26 Å². The molecular weight excluding hydrogens is 647 g/mol. The number of aromatic nitrogens is 5. The van der Waals surface area contributed by atoms with Gasteiger partial charge in [-0.25, -0.2) is 14.1 Å². The lowest BCUT2D eigenvalue weighted by atomic mass is 9.88. The monoisotopic (exact) mass is 678 g/mol. The summed E-state index contributed by atoms with van der Waals surface area (Å²) in [6, 6.07) is 15.3. The summed E-state index contributed by atoms with van der Waals surface area (Å²) >= 11 is 6.50. The van der Waals surface area contributed by atoms with Crippen LogP contribution in [0.4, 0.5) is 15.9 Å². The third-order valence-corrected chi connectivity index (χ3v) is 9.18. The van der Waals surface area contributed by atoms with Crippen molar-refractivity contribution in [1.82, 2.24) is 29.4 Å². The topological polar surface area (TPSA) is 151 Å². The maximum Gasteiger partial charge on any atom is 0.269 e. The first-order valence-electron chi connectivity index (χ1n) is 15.9. The van der Waals surface area contributed by atoms with Crippen molar-refractivity contribution in [3.8, 4) is 23.0 Å². The maximum atomic E-state index is 13.7. The standard InChI is InChI=1S/C35H32ClFN10O2/c36-30-19-40-31(45-14-12-44(13-15-45)20-22-18-41-46(21-22)11-1-10-38)17-29(30)35(49)42-25-6-2-23-3-9-27-32(34(39)48)43-47(33(27)28(23)16-25)26-7-4-24(37)5-8-26/h2,4-8,16-19,21H,1,3,9,11-15,20H2,(H2,39,48)(H,42,49). The number of anilines is 2. The van der Waals surface area contributed by atoms with Gasteiger partial charge in [0.25, 0.3) is 11.8 Å². The minimum absolute atomic E-state index is 0.166. The van der Waals surface area contributed by atoms with Crippen LogP contribution in [0.1, 0.15) is 44.0 Å². The van der Waals surface area contributed by atoms with Crippen LogP contribution >= 0.6 is 11.6 Å². The summed E-state index contributed by atoms with van der Waals surface area (Å²) in [6.45, 7) is 4.40. The summed E-state index contributed by atoms with van der Waals surface area (Å²) in [6.07, 6.45) is 6.96. The molecule has 3 aromatic heterocycles. The number of pyridine rings is 1. The van der Waals surface area contributed by atoms with E-state index in [2.05, 4.69) is 36.4 Å². The SMILES string of the molecule is N#CCCn1cc(CN2CCN(c3cc(C(=O)Nc4ccc5c(c4)-c4c(c(C(N)=O)nn4-c4ccc(F)cc4)CC5)c(Cl)cn3)CC2)cn1. The number of primary amides is 1. The van der Waals surface area contributed by atoms with Gasteiger partial charge in [-0.05, 0) is 60.9 Å². The van der Waals surface area contributed by atoms with Crippen LogP contribution in [0, 0.1) is 17.1 Å². The molecule has 1 saturated heterocycles. The average molecular weight is 679 g/mol. The molecule has 248 valence electrons. The number of halogens is 2. The number of nitrogens with one attached hydrogen (secondary N) is 1. The van der Waals surface area contributed by atoms with Crippen LogP contribution in [0.25, 0.3) is 16.9 Å². The summed E-state index contributed by atoms with van der Waals surface area (Å²) in [7, 11) is 0. The van der Waals surface area contributed by atoms with Gasteiger partial charge in [0.1, 0.15) is 11.6 Å². The predicted octanol–water partition coefficient (Wildman–Crippen LogP) is 4.61. The number of benzene rings is 2. The Morgan fingerprint density at radius 3 is 2.59 bits per heavy atom. The van der Waals surface area contributed by atoms with Crippen molar-refractivity contribution in [3.63, 3.8) is 0 Å². The van der Waals surface area contributed by atoms with E-state index in [0.29, 0.717) is 59.8 Å². The highest BCUT2D eigenvalue weighted by Gasteiger charge is 2.29. The molecule has 2 aromatic carbocycles. The molecule has 0 spiro atoms. The number of hydrogen-bond donors (Lipinski definition) is 2. The Morgan fingerprint density at radius 1 is 1.04 bits per heavy atom. The third kappa shape index (κ3) is 6.61. The number of carbonyl (C=O) groups is 2. The molecule has 14 heteroatoms. The van der Waals surface area contributed by atoms with E-state index >= 15 is 0 Å². The zero-order chi connectivity index (χ0) is 34.1. The summed E-state index contributed by atoms with van der Waals surface area (Å²) in [4.78, 5) is 35.0. The van der Waals surface area contributed by atoms with E-state index in [-0.39, 0.29) is 22.4 Å². The zero-order valence-electron chi connectivity index (χ0n) is 26.4. The van der Waals surface area contributed by atoms with E-state index in [1.807, 2.05) is 30.6 Å². The van der Waals surface area contributed by atoms with E-state index in [4.69, 9.17) is 22.6 Å². The van der Waals surface area contributed by atoms with Gasteiger partial charge >= 0.3 is 0 Å². The summed E-state index contributed by atoms with van der Waals surface area (Å²) in [5.74, 6) is -0.758. The Kier molecular flexibility index (Phi) is 8.81. The lowest BCUT2D eigenvalue weighted by Gasteiger charge is -2.35. The molecule has 1 aliphatic heterocycles. The minimum Gasteiger partial charge on any atom is -0.364 e. The van der Waals surface area contributed by atoms with Crippen LogP contribution < -0.4 is 16.0 Å². The number of aryl methyl sites for hydroxylation is 2. The molecule has 0 unspecified atom stereocenters. The lowest BCUT2D eigenvalue weighted by Crippen LogP contribution is -2.46. The molecule has 7 rings (SSSR count). The Bertz CT molecular complexity index is 2090. The first kappa shape index (κ1) is 32.0. The normalized spacial score (nSPS) is 14.2. The first-order chi connectivity index (χ1) is 23.8. The van der Waals surface area contributed by atoms with Crippen molar-refractivity contribution in [3.05, 3.63) is 106 Å². The molecule has 0 atom stereocenters. The predicted molar refractivity (Wildman–Crippen MR) is 182 cm³/mol. The van der Waals surface area contributed by atoms with Crippen LogP contribution in [-0.4, -0.2) is 67.4 Å². The minimum atomic E-state index is -0.644. The quantitative estimate of drug-likeness (QED) is 0.230. The fraction of sp³-hybridized carbons (Fsp3) is 0.257. The first-order valence-corrected chi connectivity index (χ1v) is 16.3. The van der Waals surface area contributed by atoms with Crippen molar-refractivity contribution < 1.29 is 14.0 Å². The molecule has 1 aliphatic carbocycles. The van der Waals surface area contributed by atoms with Gasteiger partial charge in [-0.2, -0.15) is 15.5 Å². The second-order valence-corrected chi connectivity index (χ2v) is 12.5. The molecular formula is C35H32ClFN10O2. The number of nitrogens with two attached hydrogens (primary N) is 1. The molecule has 0 radical (unpaired) electrons. The second kappa shape index (κ2) is 13.5. The van der Waals surface area contributed by atoms with Crippen LogP contribution in [0.5, 0.6) is 0 Å². The maximum absolute atomic E-state index is 13.7. The van der Waals surface area contributed by atoms with Gasteiger partial charge in [0.05, 0.1) is 47.2 Å². The number of fused-ring (bicyclic) bond motifs is 3. The highest BCUT2D eigenvalue weighted by Crippen LogP contribution is 2.38. The number of rotatable bonds is 9. The van der Waals surface area contributed by atoms with E-state index in [1.165, 1.54) is 18.3 Å².